The Kier molecular flexibility index (Phi) is 1.87. The van der Waals surface area contributed by atoms with E-state index in [4.69, 9.17) is 0 Å². The standard InChI is InChI=1S/C8H9N.C2H2/c1-9(2)8-4-6-3-7(6)5-8;1-2/h3-5H,1-2H3;1-2H. The fourth-order valence-electron chi connectivity index (χ4n) is 1.000. The molecule has 0 saturated heterocycles. The molecule has 2 aliphatic carbocycles. The molecule has 0 amide bonds. The Morgan fingerprint density at radius 3 is 1.73 bits per heavy atom. The van der Waals surface area contributed by atoms with E-state index in [0.29, 0.717) is 0 Å². The van der Waals surface area contributed by atoms with Crippen molar-refractivity contribution in [3.05, 3.63) is 18.2 Å². The van der Waals surface area contributed by atoms with Crippen molar-refractivity contribution >= 4 is 5.69 Å². The van der Waals surface area contributed by atoms with Crippen LogP contribution in [0, 0.1) is 12.8 Å². The number of nitrogens with zero attached hydrogens (tertiary/aromatic N) is 1. The Morgan fingerprint density at radius 1 is 1.00 bits per heavy atom. The van der Waals surface area contributed by atoms with Crippen LogP contribution in [0.2, 0.25) is 0 Å². The van der Waals surface area contributed by atoms with Crippen LogP contribution in [0.4, 0.5) is 5.69 Å². The van der Waals surface area contributed by atoms with Gasteiger partial charge in [-0.25, -0.2) is 0 Å². The van der Waals surface area contributed by atoms with Crippen molar-refractivity contribution in [1.29, 1.82) is 0 Å². The van der Waals surface area contributed by atoms with Gasteiger partial charge < -0.3 is 4.90 Å². The minimum Gasteiger partial charge on any atom is -0.378 e. The maximum Gasteiger partial charge on any atom is 0.0373 e. The van der Waals surface area contributed by atoms with E-state index in [9.17, 15) is 0 Å². The summed E-state index contributed by atoms with van der Waals surface area (Å²) in [5.74, 6) is 0. The highest BCUT2D eigenvalue weighted by Gasteiger charge is 2.14. The highest BCUT2D eigenvalue weighted by Crippen LogP contribution is 2.39. The summed E-state index contributed by atoms with van der Waals surface area (Å²) in [4.78, 5) is 2.12. The van der Waals surface area contributed by atoms with E-state index in [2.05, 4.69) is 50.0 Å². The van der Waals surface area contributed by atoms with E-state index < -0.39 is 0 Å². The fourth-order valence-corrected chi connectivity index (χ4v) is 1.000. The molecule has 2 rings (SSSR count). The Balaban J connectivity index is 0.000000281. The van der Waals surface area contributed by atoms with Gasteiger partial charge in [0, 0.05) is 19.8 Å². The Hall–Kier alpha value is -1.42. The van der Waals surface area contributed by atoms with E-state index in [0.717, 1.165) is 0 Å². The Bertz CT molecular complexity index is 264. The lowest BCUT2D eigenvalue weighted by atomic mass is 10.4. The van der Waals surface area contributed by atoms with Crippen molar-refractivity contribution in [2.24, 2.45) is 0 Å². The van der Waals surface area contributed by atoms with Crippen LogP contribution in [0.1, 0.15) is 0 Å². The average molecular weight is 145 g/mol. The summed E-state index contributed by atoms with van der Waals surface area (Å²) in [6.45, 7) is 0. The number of rotatable bonds is 1. The Labute approximate surface area is 67.7 Å². The van der Waals surface area contributed by atoms with E-state index >= 15 is 0 Å². The molecule has 0 spiro atoms. The minimum atomic E-state index is 1.32. The molecule has 0 aliphatic heterocycles. The summed E-state index contributed by atoms with van der Waals surface area (Å²) in [6.07, 6.45) is 8.00. The first-order valence-electron chi connectivity index (χ1n) is 3.43. The van der Waals surface area contributed by atoms with E-state index in [1.165, 1.54) is 16.8 Å². The fraction of sp³-hybridized carbons (Fsp3) is 0.200. The van der Waals surface area contributed by atoms with Crippen molar-refractivity contribution in [1.82, 2.24) is 0 Å². The smallest absolute Gasteiger partial charge is 0.0373 e. The quantitative estimate of drug-likeness (QED) is 0.555. The van der Waals surface area contributed by atoms with Crippen molar-refractivity contribution in [2.45, 2.75) is 0 Å². The molecule has 0 radical (unpaired) electrons. The molecule has 0 heterocycles. The van der Waals surface area contributed by atoms with Crippen LogP contribution in [-0.4, -0.2) is 14.1 Å². The molecule has 0 bridgehead atoms. The normalized spacial score (nSPS) is 9.45. The SMILES string of the molecule is C#C.CN(C)c1cc2cc-2c1. The summed E-state index contributed by atoms with van der Waals surface area (Å²) in [5.41, 5.74) is 4.15. The van der Waals surface area contributed by atoms with Crippen LogP contribution in [0.5, 0.6) is 0 Å². The molecule has 0 atom stereocenters. The third kappa shape index (κ3) is 1.35. The maximum absolute atomic E-state index is 4.00. The summed E-state index contributed by atoms with van der Waals surface area (Å²) in [5, 5.41) is 0. The molecule has 11 heavy (non-hydrogen) atoms. The number of fused-ring (bicyclic) bond motifs is 1. The summed E-state index contributed by atoms with van der Waals surface area (Å²) in [7, 11) is 4.13. The molecule has 2 aliphatic rings. The van der Waals surface area contributed by atoms with Crippen LogP contribution in [0.25, 0.3) is 11.1 Å². The second-order valence-electron chi connectivity index (χ2n) is 2.66. The molecule has 1 heteroatoms. The first kappa shape index (κ1) is 7.68. The molecule has 1 nitrogen and oxygen atoms in total. The van der Waals surface area contributed by atoms with Crippen LogP contribution in [-0.2, 0) is 0 Å². The van der Waals surface area contributed by atoms with Crippen LogP contribution in [0.3, 0.4) is 0 Å². The molecule has 0 aromatic heterocycles. The molecule has 0 aromatic carbocycles. The predicted octanol–water partition coefficient (Wildman–Crippen LogP) is 1.98. The average Bonchev–Trinajstić information content (AvgIpc) is 2.63. The van der Waals surface area contributed by atoms with Gasteiger partial charge in [0.05, 0.1) is 0 Å². The largest absolute Gasteiger partial charge is 0.378 e. The first-order chi connectivity index (χ1) is 5.27. The second kappa shape index (κ2) is 2.67. The van der Waals surface area contributed by atoms with Gasteiger partial charge in [-0.15, -0.1) is 12.8 Å². The molecular weight excluding hydrogens is 134 g/mol. The summed E-state index contributed by atoms with van der Waals surface area (Å²) in [6, 6.07) is 6.59. The molecule has 0 N–H and O–H groups in total. The highest BCUT2D eigenvalue weighted by molar-refractivity contribution is 5.87. The highest BCUT2D eigenvalue weighted by atomic mass is 15.1. The lowest BCUT2D eigenvalue weighted by Crippen LogP contribution is -2.06. The number of benzene rings is 1. The zero-order valence-corrected chi connectivity index (χ0v) is 6.83. The maximum atomic E-state index is 4.00. The van der Waals surface area contributed by atoms with E-state index in [1.807, 2.05) is 0 Å². The van der Waals surface area contributed by atoms with Gasteiger partial charge >= 0.3 is 0 Å². The van der Waals surface area contributed by atoms with Crippen LogP contribution < -0.4 is 4.90 Å². The summed E-state index contributed by atoms with van der Waals surface area (Å²) < 4.78 is 0. The lowest BCUT2D eigenvalue weighted by molar-refractivity contribution is 1.14. The van der Waals surface area contributed by atoms with E-state index in [1.54, 1.807) is 0 Å². The second-order valence-corrected chi connectivity index (χ2v) is 2.66. The van der Waals surface area contributed by atoms with Crippen molar-refractivity contribution < 1.29 is 0 Å². The van der Waals surface area contributed by atoms with Gasteiger partial charge in [-0.3, -0.25) is 0 Å². The van der Waals surface area contributed by atoms with Crippen LogP contribution >= 0.6 is 0 Å². The van der Waals surface area contributed by atoms with Gasteiger partial charge in [-0.2, -0.15) is 0 Å². The number of hydrogen-bond acceptors (Lipinski definition) is 1. The van der Waals surface area contributed by atoms with Gasteiger partial charge in [0.1, 0.15) is 0 Å². The van der Waals surface area contributed by atoms with Gasteiger partial charge in [0.25, 0.3) is 0 Å². The molecule has 0 fully saturated rings. The van der Waals surface area contributed by atoms with E-state index in [-0.39, 0.29) is 0 Å². The lowest BCUT2D eigenvalue weighted by Gasteiger charge is -2.07. The number of anilines is 1. The van der Waals surface area contributed by atoms with Gasteiger partial charge in [0.2, 0.25) is 0 Å². The molecule has 56 valence electrons. The Morgan fingerprint density at radius 2 is 1.45 bits per heavy atom. The van der Waals surface area contributed by atoms with Crippen LogP contribution in [0.15, 0.2) is 18.2 Å². The van der Waals surface area contributed by atoms with Crippen molar-refractivity contribution in [3.63, 3.8) is 0 Å². The zero-order chi connectivity index (χ0) is 8.43. The number of terminal acetylenes is 1. The molecule has 0 saturated carbocycles. The predicted molar refractivity (Wildman–Crippen MR) is 49.7 cm³/mol. The summed E-state index contributed by atoms with van der Waals surface area (Å²) >= 11 is 0. The minimum absolute atomic E-state index is 1.32. The third-order valence-corrected chi connectivity index (χ3v) is 1.68. The molecular formula is C10H11N. The van der Waals surface area contributed by atoms with Crippen molar-refractivity contribution in [3.8, 4) is 24.0 Å². The monoisotopic (exact) mass is 145 g/mol. The molecule has 0 aromatic rings. The third-order valence-electron chi connectivity index (χ3n) is 1.68. The molecule has 0 unspecified atom stereocenters. The number of hydrogen-bond donors (Lipinski definition) is 0. The topological polar surface area (TPSA) is 3.24 Å². The van der Waals surface area contributed by atoms with Gasteiger partial charge in [-0.1, -0.05) is 0 Å². The first-order valence-corrected chi connectivity index (χ1v) is 3.43. The van der Waals surface area contributed by atoms with Crippen molar-refractivity contribution in [2.75, 3.05) is 19.0 Å². The van der Waals surface area contributed by atoms with Gasteiger partial charge in [-0.05, 0) is 29.3 Å². The zero-order valence-electron chi connectivity index (χ0n) is 6.83. The van der Waals surface area contributed by atoms with Gasteiger partial charge in [0.15, 0.2) is 0 Å².